The highest BCUT2D eigenvalue weighted by molar-refractivity contribution is 6.21. The highest BCUT2D eigenvalue weighted by Crippen LogP contribution is 2.54. The molecule has 0 aliphatic heterocycles. The van der Waals surface area contributed by atoms with Gasteiger partial charge in [0.1, 0.15) is 0 Å². The van der Waals surface area contributed by atoms with E-state index >= 15 is 0 Å². The van der Waals surface area contributed by atoms with Crippen molar-refractivity contribution in [1.82, 2.24) is 9.13 Å². The molecule has 3 nitrogen and oxygen atoms in total. The average molecular weight is 600 g/mol. The number of allylic oxidation sites excluding steroid dienone is 1. The summed E-state index contributed by atoms with van der Waals surface area (Å²) in [6.45, 7) is 2.32. The number of rotatable bonds is 3. The van der Waals surface area contributed by atoms with E-state index in [1.165, 1.54) is 83.2 Å². The minimum absolute atomic E-state index is 0.434. The molecule has 0 radical (unpaired) electrons. The van der Waals surface area contributed by atoms with E-state index in [1.807, 2.05) is 12.1 Å². The van der Waals surface area contributed by atoms with Gasteiger partial charge in [0.2, 0.25) is 0 Å². The van der Waals surface area contributed by atoms with Crippen LogP contribution >= 0.6 is 0 Å². The second kappa shape index (κ2) is 9.69. The number of benzene rings is 6. The molecule has 2 aliphatic rings. The van der Waals surface area contributed by atoms with Gasteiger partial charge < -0.3 is 9.13 Å². The summed E-state index contributed by atoms with van der Waals surface area (Å²) < 4.78 is 5.06. The maximum atomic E-state index is 9.51. The molecule has 2 heterocycles. The molecule has 0 saturated carbocycles. The summed E-state index contributed by atoms with van der Waals surface area (Å²) in [5.74, 6) is 0.434. The highest BCUT2D eigenvalue weighted by atomic mass is 15.1. The molecule has 0 bridgehead atoms. The van der Waals surface area contributed by atoms with Gasteiger partial charge >= 0.3 is 0 Å². The van der Waals surface area contributed by atoms with E-state index in [-0.39, 0.29) is 0 Å². The minimum atomic E-state index is 0.434. The lowest BCUT2D eigenvalue weighted by Gasteiger charge is -2.21. The molecule has 6 aromatic carbocycles. The first kappa shape index (κ1) is 26.1. The van der Waals surface area contributed by atoms with Crippen molar-refractivity contribution in [3.8, 4) is 50.8 Å². The largest absolute Gasteiger partial charge is 0.310 e. The molecule has 8 aromatic rings. The summed E-state index contributed by atoms with van der Waals surface area (Å²) in [5, 5.41) is 13.3. The minimum Gasteiger partial charge on any atom is -0.310 e. The molecule has 3 heteroatoms. The van der Waals surface area contributed by atoms with Crippen LogP contribution in [-0.4, -0.2) is 9.13 Å². The zero-order chi connectivity index (χ0) is 31.2. The van der Waals surface area contributed by atoms with Crippen LogP contribution in [0.15, 0.2) is 133 Å². The van der Waals surface area contributed by atoms with Gasteiger partial charge in [0, 0.05) is 33.5 Å². The van der Waals surface area contributed by atoms with Crippen molar-refractivity contribution in [3.05, 3.63) is 150 Å². The van der Waals surface area contributed by atoms with Gasteiger partial charge in [-0.2, -0.15) is 5.26 Å². The third-order valence-corrected chi connectivity index (χ3v) is 10.2. The zero-order valence-corrected chi connectivity index (χ0v) is 25.9. The van der Waals surface area contributed by atoms with E-state index < -0.39 is 0 Å². The topological polar surface area (TPSA) is 33.6 Å². The molecule has 0 amide bonds. The first-order chi connectivity index (χ1) is 23.2. The number of para-hydroxylation sites is 2. The number of hydrogen-bond donors (Lipinski definition) is 0. The van der Waals surface area contributed by atoms with Crippen molar-refractivity contribution < 1.29 is 0 Å². The molecule has 220 valence electrons. The Hall–Kier alpha value is -6.11. The molecule has 2 aromatic heterocycles. The number of nitrogens with zero attached hydrogens (tertiary/aromatic N) is 3. The summed E-state index contributed by atoms with van der Waals surface area (Å²) in [4.78, 5) is 0. The van der Waals surface area contributed by atoms with E-state index in [1.54, 1.807) is 0 Å². The standard InChI is InChI=1S/C44H29N3/c1-27-17-22-34-39(25-27)47(44-33-13-5-6-16-37(33)46(43(34)44)31-11-3-2-4-12-31)38-24-23-32(29-20-18-28(26-45)19-21-29)41-35-14-7-9-30-10-8-15-36(40(30)35)42(38)41/h2-24,27H,25H2,1H3. The Morgan fingerprint density at radius 3 is 2.19 bits per heavy atom. The fourth-order valence-electron chi connectivity index (χ4n) is 8.26. The molecule has 1 atom stereocenters. The van der Waals surface area contributed by atoms with E-state index in [9.17, 15) is 5.26 Å². The number of fused-ring (bicyclic) bond motifs is 8. The van der Waals surface area contributed by atoms with Crippen LogP contribution in [0.4, 0.5) is 0 Å². The van der Waals surface area contributed by atoms with Gasteiger partial charge in [-0.15, -0.1) is 0 Å². The van der Waals surface area contributed by atoms with Crippen molar-refractivity contribution in [1.29, 1.82) is 5.26 Å². The van der Waals surface area contributed by atoms with Crippen LogP contribution in [0.3, 0.4) is 0 Å². The first-order valence-electron chi connectivity index (χ1n) is 16.3. The molecule has 0 saturated heterocycles. The smallest absolute Gasteiger partial charge is 0.0991 e. The molecule has 0 N–H and O–H groups in total. The van der Waals surface area contributed by atoms with Gasteiger partial charge in [-0.25, -0.2) is 0 Å². The van der Waals surface area contributed by atoms with Crippen molar-refractivity contribution >= 4 is 38.8 Å². The Kier molecular flexibility index (Phi) is 5.39. The molecule has 0 fully saturated rings. The van der Waals surface area contributed by atoms with Crippen molar-refractivity contribution in [3.63, 3.8) is 0 Å². The molecular weight excluding hydrogens is 571 g/mol. The molecular formula is C44H29N3. The third-order valence-electron chi connectivity index (χ3n) is 10.2. The van der Waals surface area contributed by atoms with Crippen LogP contribution in [0.25, 0.3) is 83.5 Å². The average Bonchev–Trinajstić information content (AvgIpc) is 3.75. The first-order valence-corrected chi connectivity index (χ1v) is 16.3. The van der Waals surface area contributed by atoms with Crippen molar-refractivity contribution in [2.75, 3.05) is 0 Å². The predicted molar refractivity (Wildman–Crippen MR) is 194 cm³/mol. The molecule has 47 heavy (non-hydrogen) atoms. The van der Waals surface area contributed by atoms with E-state index in [0.29, 0.717) is 11.5 Å². The Balaban J connectivity index is 1.37. The number of nitriles is 1. The lowest BCUT2D eigenvalue weighted by molar-refractivity contribution is 0.691. The summed E-state index contributed by atoms with van der Waals surface area (Å²) in [5.41, 5.74) is 16.8. The maximum absolute atomic E-state index is 9.51. The lowest BCUT2D eigenvalue weighted by atomic mass is 9.91. The summed E-state index contributed by atoms with van der Waals surface area (Å²) in [6.07, 6.45) is 5.70. The summed E-state index contributed by atoms with van der Waals surface area (Å²) in [7, 11) is 0. The van der Waals surface area contributed by atoms with Crippen molar-refractivity contribution in [2.24, 2.45) is 5.92 Å². The lowest BCUT2D eigenvalue weighted by Crippen LogP contribution is -2.10. The summed E-state index contributed by atoms with van der Waals surface area (Å²) >= 11 is 0. The van der Waals surface area contributed by atoms with E-state index in [4.69, 9.17) is 0 Å². The van der Waals surface area contributed by atoms with Crippen LogP contribution in [0.2, 0.25) is 0 Å². The van der Waals surface area contributed by atoms with Crippen molar-refractivity contribution in [2.45, 2.75) is 13.3 Å². The molecule has 10 rings (SSSR count). The van der Waals surface area contributed by atoms with Gasteiger partial charge in [0.25, 0.3) is 0 Å². The number of hydrogen-bond acceptors (Lipinski definition) is 1. The van der Waals surface area contributed by atoms with Gasteiger partial charge in [-0.05, 0) is 81.8 Å². The second-order valence-electron chi connectivity index (χ2n) is 12.9. The second-order valence-corrected chi connectivity index (χ2v) is 12.9. The van der Waals surface area contributed by atoms with Gasteiger partial charge in [-0.1, -0.05) is 110 Å². The maximum Gasteiger partial charge on any atom is 0.0991 e. The van der Waals surface area contributed by atoms with E-state index in [2.05, 4.69) is 150 Å². The van der Waals surface area contributed by atoms with Crippen LogP contribution in [0.5, 0.6) is 0 Å². The SMILES string of the molecule is CC1C=Cc2c(n(-c3ccc(-c4ccc(C#N)cc4)c4c3-c3cccc5cccc-4c35)c3c4ccccc4n(-c4ccccc4)c23)C1. The zero-order valence-electron chi connectivity index (χ0n) is 25.9. The highest BCUT2D eigenvalue weighted by Gasteiger charge is 2.32. The Morgan fingerprint density at radius 1 is 0.660 bits per heavy atom. The normalized spacial score (nSPS) is 14.5. The third kappa shape index (κ3) is 3.56. The fourth-order valence-corrected chi connectivity index (χ4v) is 8.26. The van der Waals surface area contributed by atoms with Crippen LogP contribution in [-0.2, 0) is 6.42 Å². The van der Waals surface area contributed by atoms with Crippen LogP contribution < -0.4 is 0 Å². The van der Waals surface area contributed by atoms with E-state index in [0.717, 1.165) is 12.0 Å². The van der Waals surface area contributed by atoms with Gasteiger partial charge in [-0.3, -0.25) is 0 Å². The molecule has 1 unspecified atom stereocenters. The molecule has 0 spiro atoms. The Bertz CT molecular complexity index is 2650. The Morgan fingerprint density at radius 2 is 1.40 bits per heavy atom. The van der Waals surface area contributed by atoms with Crippen LogP contribution in [0.1, 0.15) is 23.7 Å². The molecule has 2 aliphatic carbocycles. The predicted octanol–water partition coefficient (Wildman–Crippen LogP) is 11.1. The van der Waals surface area contributed by atoms with Crippen LogP contribution in [0, 0.1) is 17.2 Å². The summed E-state index contributed by atoms with van der Waals surface area (Å²) in [6, 6.07) is 48.0. The van der Waals surface area contributed by atoms with Gasteiger partial charge in [0.05, 0.1) is 33.9 Å². The van der Waals surface area contributed by atoms with Gasteiger partial charge in [0.15, 0.2) is 0 Å². The fraction of sp³-hybridized carbons (Fsp3) is 0.0682. The quantitative estimate of drug-likeness (QED) is 0.199. The number of aromatic nitrogens is 2. The Labute approximate surface area is 272 Å². The monoisotopic (exact) mass is 599 g/mol.